The molecule has 1 saturated heterocycles. The van der Waals surface area contributed by atoms with Crippen LogP contribution < -0.4 is 0 Å². The van der Waals surface area contributed by atoms with Crippen LogP contribution in [0.15, 0.2) is 22.7 Å². The summed E-state index contributed by atoms with van der Waals surface area (Å²) in [5.41, 5.74) is 4.33. The molecule has 1 saturated carbocycles. The van der Waals surface area contributed by atoms with Crippen molar-refractivity contribution in [3.8, 4) is 0 Å². The fraction of sp³-hybridized carbons (Fsp3) is 0.529. The molecule has 0 bridgehead atoms. The molecule has 3 heteroatoms. The Morgan fingerprint density at radius 3 is 2.45 bits per heavy atom. The molecule has 106 valence electrons. The Hall–Kier alpha value is -0.640. The summed E-state index contributed by atoms with van der Waals surface area (Å²) in [6.45, 7) is 3.66. The molecule has 0 unspecified atom stereocenters. The third kappa shape index (κ3) is 1.76. The van der Waals surface area contributed by atoms with Crippen molar-refractivity contribution >= 4 is 22.0 Å². The summed E-state index contributed by atoms with van der Waals surface area (Å²) >= 11 is 3.84. The summed E-state index contributed by atoms with van der Waals surface area (Å²) in [5.74, 6) is -0.286. The van der Waals surface area contributed by atoms with Gasteiger partial charge in [0, 0.05) is 22.7 Å². The van der Waals surface area contributed by atoms with Crippen molar-refractivity contribution in [2.45, 2.75) is 43.8 Å². The number of fused-ring (bicyclic) bond motifs is 2. The highest BCUT2D eigenvalue weighted by atomic mass is 79.9. The number of hydrogen-bond acceptors (Lipinski definition) is 2. The van der Waals surface area contributed by atoms with Gasteiger partial charge in [-0.25, -0.2) is 0 Å². The van der Waals surface area contributed by atoms with Crippen molar-refractivity contribution in [2.75, 3.05) is 13.2 Å². The molecular weight excluding hydrogens is 316 g/mol. The lowest BCUT2D eigenvalue weighted by molar-refractivity contribution is -0.182. The standard InChI is InChI=1S/C17H19BrO2/c1-12-2-3-14-13(10-12)11-15(18)16(14)4-6-17(7-5-16)19-8-9-20-17/h2-3,10-11H,4-9H2,1H3. The van der Waals surface area contributed by atoms with Crippen LogP contribution in [-0.2, 0) is 14.9 Å². The topological polar surface area (TPSA) is 18.5 Å². The van der Waals surface area contributed by atoms with Gasteiger partial charge in [0.2, 0.25) is 0 Å². The highest BCUT2D eigenvalue weighted by molar-refractivity contribution is 9.11. The number of hydrogen-bond donors (Lipinski definition) is 0. The maximum Gasteiger partial charge on any atom is 0.168 e. The van der Waals surface area contributed by atoms with E-state index < -0.39 is 0 Å². The van der Waals surface area contributed by atoms with E-state index in [9.17, 15) is 0 Å². The van der Waals surface area contributed by atoms with E-state index in [2.05, 4.69) is 47.1 Å². The van der Waals surface area contributed by atoms with E-state index in [1.807, 2.05) is 0 Å². The first kappa shape index (κ1) is 13.1. The molecule has 2 nitrogen and oxygen atoms in total. The molecule has 4 rings (SSSR count). The summed E-state index contributed by atoms with van der Waals surface area (Å²) in [5, 5.41) is 0. The van der Waals surface area contributed by atoms with Gasteiger partial charge in [-0.2, -0.15) is 0 Å². The SMILES string of the molecule is Cc1ccc2c(c1)C=C(Br)C21CCC2(CC1)OCCO2. The van der Waals surface area contributed by atoms with Crippen LogP contribution in [0.1, 0.15) is 42.4 Å². The van der Waals surface area contributed by atoms with Gasteiger partial charge in [0.25, 0.3) is 0 Å². The van der Waals surface area contributed by atoms with Crippen LogP contribution in [0.3, 0.4) is 0 Å². The summed E-state index contributed by atoms with van der Waals surface area (Å²) < 4.78 is 13.1. The first-order valence-corrected chi connectivity index (χ1v) is 8.20. The summed E-state index contributed by atoms with van der Waals surface area (Å²) in [4.78, 5) is 0. The second-order valence-corrected chi connectivity index (χ2v) is 7.13. The number of aryl methyl sites for hydroxylation is 1. The van der Waals surface area contributed by atoms with Gasteiger partial charge in [-0.3, -0.25) is 0 Å². The molecule has 0 radical (unpaired) electrons. The Balaban J connectivity index is 1.68. The fourth-order valence-corrected chi connectivity index (χ4v) is 4.85. The zero-order valence-electron chi connectivity index (χ0n) is 11.7. The number of ether oxygens (including phenoxy) is 2. The predicted molar refractivity (Wildman–Crippen MR) is 82.9 cm³/mol. The smallest absolute Gasteiger partial charge is 0.168 e. The van der Waals surface area contributed by atoms with Gasteiger partial charge in [0.05, 0.1) is 13.2 Å². The molecule has 0 N–H and O–H groups in total. The van der Waals surface area contributed by atoms with Crippen molar-refractivity contribution in [3.05, 3.63) is 39.4 Å². The Labute approximate surface area is 128 Å². The summed E-state index contributed by atoms with van der Waals surface area (Å²) in [6.07, 6.45) is 6.48. The molecule has 3 aliphatic rings. The van der Waals surface area contributed by atoms with Crippen LogP contribution in [0, 0.1) is 6.92 Å². The van der Waals surface area contributed by atoms with Crippen molar-refractivity contribution in [3.63, 3.8) is 0 Å². The maximum atomic E-state index is 5.87. The molecule has 2 aliphatic carbocycles. The fourth-order valence-electron chi connectivity index (χ4n) is 3.99. The van der Waals surface area contributed by atoms with Gasteiger partial charge in [-0.1, -0.05) is 39.7 Å². The van der Waals surface area contributed by atoms with E-state index in [0.717, 1.165) is 38.9 Å². The van der Waals surface area contributed by atoms with Gasteiger partial charge in [0.1, 0.15) is 0 Å². The van der Waals surface area contributed by atoms with Gasteiger partial charge < -0.3 is 9.47 Å². The average molecular weight is 335 g/mol. The lowest BCUT2D eigenvalue weighted by atomic mass is 9.69. The highest BCUT2D eigenvalue weighted by Crippen LogP contribution is 2.56. The molecule has 0 aromatic heterocycles. The average Bonchev–Trinajstić information content (AvgIpc) is 2.98. The molecule has 2 spiro atoms. The Kier molecular flexibility index (Phi) is 2.89. The molecule has 1 aliphatic heterocycles. The van der Waals surface area contributed by atoms with Gasteiger partial charge >= 0.3 is 0 Å². The highest BCUT2D eigenvalue weighted by Gasteiger charge is 2.50. The quantitative estimate of drug-likeness (QED) is 0.704. The predicted octanol–water partition coefficient (Wildman–Crippen LogP) is 4.30. The zero-order valence-corrected chi connectivity index (χ0v) is 13.3. The number of halogens is 1. The van der Waals surface area contributed by atoms with E-state index in [0.29, 0.717) is 0 Å². The van der Waals surface area contributed by atoms with Gasteiger partial charge in [0.15, 0.2) is 5.79 Å². The second kappa shape index (κ2) is 4.43. The van der Waals surface area contributed by atoms with E-state index in [4.69, 9.17) is 9.47 Å². The van der Waals surface area contributed by atoms with Gasteiger partial charge in [-0.05, 0) is 37.0 Å². The lowest BCUT2D eigenvalue weighted by Crippen LogP contribution is -2.41. The normalized spacial score (nSPS) is 26.0. The minimum absolute atomic E-state index is 0.156. The third-order valence-electron chi connectivity index (χ3n) is 5.14. The third-order valence-corrected chi connectivity index (χ3v) is 6.13. The Morgan fingerprint density at radius 1 is 1.05 bits per heavy atom. The van der Waals surface area contributed by atoms with Crippen molar-refractivity contribution in [1.29, 1.82) is 0 Å². The van der Waals surface area contributed by atoms with E-state index >= 15 is 0 Å². The van der Waals surface area contributed by atoms with Crippen molar-refractivity contribution < 1.29 is 9.47 Å². The molecule has 1 aromatic carbocycles. The van der Waals surface area contributed by atoms with Crippen LogP contribution in [-0.4, -0.2) is 19.0 Å². The molecule has 2 fully saturated rings. The second-order valence-electron chi connectivity index (χ2n) is 6.27. The lowest BCUT2D eigenvalue weighted by Gasteiger charge is -2.42. The summed E-state index contributed by atoms with van der Waals surface area (Å²) in [6, 6.07) is 6.83. The molecule has 1 aromatic rings. The van der Waals surface area contributed by atoms with Crippen LogP contribution in [0.4, 0.5) is 0 Å². The molecule has 0 atom stereocenters. The summed E-state index contributed by atoms with van der Waals surface area (Å²) in [7, 11) is 0. The molecule has 20 heavy (non-hydrogen) atoms. The van der Waals surface area contributed by atoms with Crippen LogP contribution in [0.25, 0.3) is 6.08 Å². The maximum absolute atomic E-state index is 5.87. The molecular formula is C17H19BrO2. The van der Waals surface area contributed by atoms with E-state index in [-0.39, 0.29) is 11.2 Å². The minimum atomic E-state index is -0.286. The van der Waals surface area contributed by atoms with Crippen LogP contribution >= 0.6 is 15.9 Å². The van der Waals surface area contributed by atoms with Crippen molar-refractivity contribution in [1.82, 2.24) is 0 Å². The van der Waals surface area contributed by atoms with Gasteiger partial charge in [-0.15, -0.1) is 0 Å². The molecule has 1 heterocycles. The van der Waals surface area contributed by atoms with E-state index in [1.165, 1.54) is 21.2 Å². The largest absolute Gasteiger partial charge is 0.348 e. The van der Waals surface area contributed by atoms with Crippen molar-refractivity contribution in [2.24, 2.45) is 0 Å². The molecule has 0 amide bonds. The number of rotatable bonds is 0. The first-order valence-electron chi connectivity index (χ1n) is 7.40. The minimum Gasteiger partial charge on any atom is -0.348 e. The monoisotopic (exact) mass is 334 g/mol. The number of allylic oxidation sites excluding steroid dienone is 1. The Morgan fingerprint density at radius 2 is 1.75 bits per heavy atom. The Bertz CT molecular complexity index is 575. The van der Waals surface area contributed by atoms with Crippen LogP contribution in [0.2, 0.25) is 0 Å². The zero-order chi connectivity index (χ0) is 13.8. The number of benzene rings is 1. The first-order chi connectivity index (χ1) is 9.64. The van der Waals surface area contributed by atoms with E-state index in [1.54, 1.807) is 0 Å². The van der Waals surface area contributed by atoms with Crippen LogP contribution in [0.5, 0.6) is 0 Å².